The maximum absolute atomic E-state index is 12.5. The number of aliphatic carboxylic acids is 1. The van der Waals surface area contributed by atoms with Crippen molar-refractivity contribution in [3.63, 3.8) is 0 Å². The largest absolute Gasteiger partial charge is 0.481 e. The lowest BCUT2D eigenvalue weighted by Gasteiger charge is -2.33. The quantitative estimate of drug-likeness (QED) is 0.902. The molecule has 1 aliphatic rings. The number of carbonyl (C=O) groups is 2. The summed E-state index contributed by atoms with van der Waals surface area (Å²) in [6.45, 7) is 2.99. The van der Waals surface area contributed by atoms with Crippen LogP contribution in [0.15, 0.2) is 23.6 Å². The molecule has 23 heavy (non-hydrogen) atoms. The van der Waals surface area contributed by atoms with Gasteiger partial charge in [-0.3, -0.25) is 9.59 Å². The van der Waals surface area contributed by atoms with Crippen molar-refractivity contribution in [3.8, 4) is 0 Å². The Morgan fingerprint density at radius 1 is 1.35 bits per heavy atom. The van der Waals surface area contributed by atoms with E-state index in [9.17, 15) is 14.7 Å². The molecule has 1 aromatic heterocycles. The first-order valence-electron chi connectivity index (χ1n) is 7.59. The van der Waals surface area contributed by atoms with Crippen molar-refractivity contribution in [3.05, 3.63) is 34.7 Å². The lowest BCUT2D eigenvalue weighted by Crippen LogP contribution is -2.46. The topological polar surface area (TPSA) is 75.6 Å². The maximum atomic E-state index is 12.5. The number of fused-ring (bicyclic) bond motifs is 1. The molecule has 1 saturated heterocycles. The van der Waals surface area contributed by atoms with Gasteiger partial charge in [0.05, 0.1) is 11.0 Å². The van der Waals surface area contributed by atoms with E-state index in [2.05, 4.69) is 5.32 Å². The summed E-state index contributed by atoms with van der Waals surface area (Å²) in [6, 6.07) is 5.97. The van der Waals surface area contributed by atoms with Gasteiger partial charge in [0, 0.05) is 35.2 Å². The number of ether oxygens (including phenoxy) is 1. The molecule has 0 saturated carbocycles. The number of carboxylic acid groups (broad SMARTS) is 1. The molecule has 122 valence electrons. The van der Waals surface area contributed by atoms with Gasteiger partial charge < -0.3 is 15.2 Å². The molecule has 2 aromatic rings. The van der Waals surface area contributed by atoms with Crippen LogP contribution in [0.3, 0.4) is 0 Å². The maximum Gasteiger partial charge on any atom is 0.311 e. The van der Waals surface area contributed by atoms with E-state index in [0.717, 1.165) is 15.6 Å². The van der Waals surface area contributed by atoms with Gasteiger partial charge in [0.2, 0.25) is 0 Å². The minimum absolute atomic E-state index is 0.133. The number of benzene rings is 1. The van der Waals surface area contributed by atoms with Crippen LogP contribution in [0, 0.1) is 12.3 Å². The molecule has 0 unspecified atom stereocenters. The van der Waals surface area contributed by atoms with Crippen molar-refractivity contribution in [2.24, 2.45) is 5.41 Å². The number of hydrogen-bond acceptors (Lipinski definition) is 4. The van der Waals surface area contributed by atoms with Gasteiger partial charge in [0.15, 0.2) is 0 Å². The van der Waals surface area contributed by atoms with Crippen molar-refractivity contribution in [2.75, 3.05) is 19.8 Å². The van der Waals surface area contributed by atoms with E-state index >= 15 is 0 Å². The number of carboxylic acids is 1. The summed E-state index contributed by atoms with van der Waals surface area (Å²) in [7, 11) is 0. The SMILES string of the molecule is Cc1ccc2c(C(=O)NCC3(C(=O)O)CCOCC3)csc2c1. The normalized spacial score (nSPS) is 17.1. The summed E-state index contributed by atoms with van der Waals surface area (Å²) in [4.78, 5) is 24.1. The Morgan fingerprint density at radius 2 is 2.09 bits per heavy atom. The number of thiophene rings is 1. The first-order valence-corrected chi connectivity index (χ1v) is 8.47. The van der Waals surface area contributed by atoms with E-state index in [-0.39, 0.29) is 12.5 Å². The lowest BCUT2D eigenvalue weighted by molar-refractivity contribution is -0.154. The molecule has 2 N–H and O–H groups in total. The minimum atomic E-state index is -0.920. The van der Waals surface area contributed by atoms with Crippen LogP contribution < -0.4 is 5.32 Å². The van der Waals surface area contributed by atoms with Crippen molar-refractivity contribution in [1.82, 2.24) is 5.32 Å². The fourth-order valence-corrected chi connectivity index (χ4v) is 3.92. The minimum Gasteiger partial charge on any atom is -0.481 e. The highest BCUT2D eigenvalue weighted by Crippen LogP contribution is 2.31. The molecule has 1 aromatic carbocycles. The highest BCUT2D eigenvalue weighted by atomic mass is 32.1. The Hall–Kier alpha value is -1.92. The van der Waals surface area contributed by atoms with Gasteiger partial charge in [-0.15, -0.1) is 11.3 Å². The van der Waals surface area contributed by atoms with Gasteiger partial charge in [-0.05, 0) is 31.4 Å². The number of amides is 1. The Kier molecular flexibility index (Phi) is 4.37. The zero-order valence-corrected chi connectivity index (χ0v) is 13.7. The highest BCUT2D eigenvalue weighted by molar-refractivity contribution is 7.17. The van der Waals surface area contributed by atoms with Crippen molar-refractivity contribution >= 4 is 33.3 Å². The number of aryl methyl sites for hydroxylation is 1. The van der Waals surface area contributed by atoms with Gasteiger partial charge in [0.25, 0.3) is 5.91 Å². The second-order valence-electron chi connectivity index (χ2n) is 6.03. The molecule has 2 heterocycles. The van der Waals surface area contributed by atoms with E-state index in [1.54, 1.807) is 0 Å². The molecule has 1 fully saturated rings. The molecule has 1 aliphatic heterocycles. The van der Waals surface area contributed by atoms with Crippen LogP contribution in [0.2, 0.25) is 0 Å². The fourth-order valence-electron chi connectivity index (χ4n) is 2.88. The van der Waals surface area contributed by atoms with Gasteiger partial charge in [-0.1, -0.05) is 12.1 Å². The van der Waals surface area contributed by atoms with Crippen LogP contribution in [0.1, 0.15) is 28.8 Å². The molecule has 0 atom stereocenters. The van der Waals surface area contributed by atoms with Crippen LogP contribution >= 0.6 is 11.3 Å². The van der Waals surface area contributed by atoms with E-state index < -0.39 is 11.4 Å². The first-order chi connectivity index (χ1) is 11.0. The second-order valence-corrected chi connectivity index (χ2v) is 6.94. The Morgan fingerprint density at radius 3 is 2.78 bits per heavy atom. The van der Waals surface area contributed by atoms with Crippen LogP contribution in [0.25, 0.3) is 10.1 Å². The van der Waals surface area contributed by atoms with Crippen LogP contribution in [0.4, 0.5) is 0 Å². The monoisotopic (exact) mass is 333 g/mol. The number of rotatable bonds is 4. The molecule has 5 nitrogen and oxygen atoms in total. The molecule has 0 aliphatic carbocycles. The summed E-state index contributed by atoms with van der Waals surface area (Å²) in [6.07, 6.45) is 0.846. The molecule has 1 amide bonds. The van der Waals surface area contributed by atoms with Crippen molar-refractivity contribution in [2.45, 2.75) is 19.8 Å². The van der Waals surface area contributed by atoms with E-state index in [1.807, 2.05) is 30.5 Å². The van der Waals surface area contributed by atoms with Crippen LogP contribution in [-0.4, -0.2) is 36.7 Å². The average molecular weight is 333 g/mol. The third-order valence-electron chi connectivity index (χ3n) is 4.47. The smallest absolute Gasteiger partial charge is 0.311 e. The number of carbonyl (C=O) groups excluding carboxylic acids is 1. The summed E-state index contributed by atoms with van der Waals surface area (Å²) in [5.74, 6) is -1.08. The first kappa shape index (κ1) is 16.0. The third kappa shape index (κ3) is 3.09. The Labute approximate surface area is 138 Å². The molecule has 6 heteroatoms. The highest BCUT2D eigenvalue weighted by Gasteiger charge is 2.40. The predicted molar refractivity (Wildman–Crippen MR) is 89.0 cm³/mol. The van der Waals surface area contributed by atoms with Gasteiger partial charge in [-0.25, -0.2) is 0 Å². The van der Waals surface area contributed by atoms with Crippen LogP contribution in [-0.2, 0) is 9.53 Å². The summed E-state index contributed by atoms with van der Waals surface area (Å²) in [5.41, 5.74) is 0.840. The zero-order valence-electron chi connectivity index (χ0n) is 12.9. The van der Waals surface area contributed by atoms with Crippen LogP contribution in [0.5, 0.6) is 0 Å². The van der Waals surface area contributed by atoms with Gasteiger partial charge in [0.1, 0.15) is 0 Å². The number of nitrogens with one attached hydrogen (secondary N) is 1. The molecular weight excluding hydrogens is 314 g/mol. The van der Waals surface area contributed by atoms with Gasteiger partial charge >= 0.3 is 5.97 Å². The Bertz CT molecular complexity index is 746. The predicted octanol–water partition coefficient (Wildman–Crippen LogP) is 2.82. The third-order valence-corrected chi connectivity index (χ3v) is 5.41. The average Bonchev–Trinajstić information content (AvgIpc) is 2.96. The Balaban J connectivity index is 1.76. The fraction of sp³-hybridized carbons (Fsp3) is 0.412. The molecule has 3 rings (SSSR count). The standard InChI is InChI=1S/C17H19NO4S/c1-11-2-3-12-13(9-23-14(12)8-11)15(19)18-10-17(16(20)21)4-6-22-7-5-17/h2-3,8-9H,4-7,10H2,1H3,(H,18,19)(H,20,21). The van der Waals surface area contributed by atoms with Crippen molar-refractivity contribution < 1.29 is 19.4 Å². The summed E-state index contributed by atoms with van der Waals surface area (Å²) in [5, 5.41) is 15.1. The van der Waals surface area contributed by atoms with Gasteiger partial charge in [-0.2, -0.15) is 0 Å². The molecule has 0 spiro atoms. The number of hydrogen-bond donors (Lipinski definition) is 2. The van der Waals surface area contributed by atoms with E-state index in [1.165, 1.54) is 11.3 Å². The molecule has 0 radical (unpaired) electrons. The van der Waals surface area contributed by atoms with E-state index in [4.69, 9.17) is 4.74 Å². The molecular formula is C17H19NO4S. The lowest BCUT2D eigenvalue weighted by atomic mass is 9.80. The van der Waals surface area contributed by atoms with Crippen molar-refractivity contribution in [1.29, 1.82) is 0 Å². The second kappa shape index (κ2) is 6.29. The molecule has 0 bridgehead atoms. The zero-order chi connectivity index (χ0) is 16.4. The summed E-state index contributed by atoms with van der Waals surface area (Å²) < 4.78 is 6.31. The summed E-state index contributed by atoms with van der Waals surface area (Å²) >= 11 is 1.53. The van der Waals surface area contributed by atoms with E-state index in [0.29, 0.717) is 31.6 Å².